The Bertz CT molecular complexity index is 428. The molecule has 100 valence electrons. The zero-order valence-corrected chi connectivity index (χ0v) is 11.2. The molecule has 5 heteroatoms. The third-order valence-corrected chi connectivity index (χ3v) is 3.46. The molecule has 1 aromatic heterocycles. The normalized spacial score (nSPS) is 22.6. The van der Waals surface area contributed by atoms with Gasteiger partial charge in [-0.05, 0) is 19.8 Å². The summed E-state index contributed by atoms with van der Waals surface area (Å²) in [5.74, 6) is 1.22. The quantitative estimate of drug-likeness (QED) is 0.866. The summed E-state index contributed by atoms with van der Waals surface area (Å²) in [5, 5.41) is 2.99. The van der Waals surface area contributed by atoms with Crippen LogP contribution in [-0.2, 0) is 11.2 Å². The highest BCUT2D eigenvalue weighted by Gasteiger charge is 2.33. The number of rotatable bonds is 5. The van der Waals surface area contributed by atoms with E-state index in [1.54, 1.807) is 14.0 Å². The van der Waals surface area contributed by atoms with Gasteiger partial charge < -0.3 is 14.5 Å². The molecule has 1 aromatic rings. The van der Waals surface area contributed by atoms with Gasteiger partial charge in [-0.15, -0.1) is 0 Å². The second-order valence-electron chi connectivity index (χ2n) is 4.75. The average molecular weight is 252 g/mol. The van der Waals surface area contributed by atoms with E-state index in [2.05, 4.69) is 10.3 Å². The lowest BCUT2D eigenvalue weighted by Gasteiger charge is -2.36. The maximum Gasteiger partial charge on any atom is 0.289 e. The van der Waals surface area contributed by atoms with Crippen LogP contribution in [0.15, 0.2) is 4.42 Å². The van der Waals surface area contributed by atoms with Crippen molar-refractivity contribution in [2.75, 3.05) is 13.7 Å². The molecule has 5 nitrogen and oxygen atoms in total. The molecular formula is C13H20N2O3. The van der Waals surface area contributed by atoms with Crippen LogP contribution in [0.5, 0.6) is 0 Å². The molecular weight excluding hydrogens is 232 g/mol. The Morgan fingerprint density at radius 1 is 1.56 bits per heavy atom. The topological polar surface area (TPSA) is 64.4 Å². The summed E-state index contributed by atoms with van der Waals surface area (Å²) in [7, 11) is 1.69. The highest BCUT2D eigenvalue weighted by Crippen LogP contribution is 2.28. The number of amides is 1. The number of carbonyl (C=O) groups excluding carboxylic acids is 1. The fraction of sp³-hybridized carbons (Fsp3) is 0.692. The Balaban J connectivity index is 1.97. The fourth-order valence-corrected chi connectivity index (χ4v) is 2.22. The molecule has 1 aliphatic rings. The number of nitrogens with zero attached hydrogens (tertiary/aromatic N) is 1. The molecule has 1 fully saturated rings. The van der Waals surface area contributed by atoms with Gasteiger partial charge in [-0.1, -0.05) is 6.92 Å². The SMILES string of the molecule is CCc1nc(C)c(C(=O)N[C@@H]2CC[C@@H]2COC)o1. The van der Waals surface area contributed by atoms with Gasteiger partial charge in [0, 0.05) is 25.5 Å². The molecule has 0 aliphatic heterocycles. The summed E-state index contributed by atoms with van der Waals surface area (Å²) < 4.78 is 10.6. The number of aryl methyl sites for hydroxylation is 2. The minimum Gasteiger partial charge on any atom is -0.435 e. The zero-order valence-electron chi connectivity index (χ0n) is 11.2. The van der Waals surface area contributed by atoms with E-state index in [-0.39, 0.29) is 11.9 Å². The van der Waals surface area contributed by atoms with Gasteiger partial charge in [0.15, 0.2) is 5.89 Å². The van der Waals surface area contributed by atoms with Crippen molar-refractivity contribution in [1.82, 2.24) is 10.3 Å². The van der Waals surface area contributed by atoms with Crippen molar-refractivity contribution in [2.45, 2.75) is 39.2 Å². The molecule has 2 atom stereocenters. The first-order valence-electron chi connectivity index (χ1n) is 6.41. The van der Waals surface area contributed by atoms with Crippen LogP contribution in [0.2, 0.25) is 0 Å². The van der Waals surface area contributed by atoms with E-state index in [0.29, 0.717) is 36.3 Å². The lowest BCUT2D eigenvalue weighted by molar-refractivity contribution is 0.0653. The molecule has 1 heterocycles. The van der Waals surface area contributed by atoms with Gasteiger partial charge in [0.05, 0.1) is 12.3 Å². The van der Waals surface area contributed by atoms with Crippen molar-refractivity contribution in [2.24, 2.45) is 5.92 Å². The number of nitrogens with one attached hydrogen (secondary N) is 1. The van der Waals surface area contributed by atoms with E-state index in [1.165, 1.54) is 0 Å². The third kappa shape index (κ3) is 2.56. The summed E-state index contributed by atoms with van der Waals surface area (Å²) in [4.78, 5) is 16.3. The predicted octanol–water partition coefficient (Wildman–Crippen LogP) is 1.70. The maximum atomic E-state index is 12.1. The van der Waals surface area contributed by atoms with E-state index in [4.69, 9.17) is 9.15 Å². The van der Waals surface area contributed by atoms with Crippen LogP contribution in [0.4, 0.5) is 0 Å². The Kier molecular flexibility index (Phi) is 4.01. The molecule has 0 radical (unpaired) electrons. The molecule has 1 saturated carbocycles. The summed E-state index contributed by atoms with van der Waals surface area (Å²) in [6.07, 6.45) is 2.81. The van der Waals surface area contributed by atoms with E-state index in [1.807, 2.05) is 6.92 Å². The number of hydrogen-bond acceptors (Lipinski definition) is 4. The summed E-state index contributed by atoms with van der Waals surface area (Å²) in [6, 6.07) is 0.201. The molecule has 0 aromatic carbocycles. The predicted molar refractivity (Wildman–Crippen MR) is 66.5 cm³/mol. The van der Waals surface area contributed by atoms with Gasteiger partial charge >= 0.3 is 0 Å². The molecule has 0 unspecified atom stereocenters. The highest BCUT2D eigenvalue weighted by molar-refractivity contribution is 5.92. The van der Waals surface area contributed by atoms with Gasteiger partial charge in [-0.2, -0.15) is 0 Å². The van der Waals surface area contributed by atoms with E-state index in [9.17, 15) is 4.79 Å². The van der Waals surface area contributed by atoms with Crippen molar-refractivity contribution in [3.8, 4) is 0 Å². The van der Waals surface area contributed by atoms with Crippen molar-refractivity contribution < 1.29 is 13.9 Å². The minimum absolute atomic E-state index is 0.162. The van der Waals surface area contributed by atoms with Crippen LogP contribution in [0.25, 0.3) is 0 Å². The summed E-state index contributed by atoms with van der Waals surface area (Å²) in [6.45, 7) is 4.44. The van der Waals surface area contributed by atoms with Crippen LogP contribution in [0, 0.1) is 12.8 Å². The van der Waals surface area contributed by atoms with Gasteiger partial charge in [-0.25, -0.2) is 4.98 Å². The first-order valence-corrected chi connectivity index (χ1v) is 6.41. The number of aromatic nitrogens is 1. The fourth-order valence-electron chi connectivity index (χ4n) is 2.22. The average Bonchev–Trinajstić information content (AvgIpc) is 2.73. The van der Waals surface area contributed by atoms with Crippen molar-refractivity contribution in [1.29, 1.82) is 0 Å². The molecule has 0 bridgehead atoms. The molecule has 0 spiro atoms. The summed E-state index contributed by atoms with van der Waals surface area (Å²) >= 11 is 0. The first kappa shape index (κ1) is 13.1. The Labute approximate surface area is 107 Å². The Morgan fingerprint density at radius 2 is 2.33 bits per heavy atom. The van der Waals surface area contributed by atoms with E-state index >= 15 is 0 Å². The first-order chi connectivity index (χ1) is 8.65. The van der Waals surface area contributed by atoms with Gasteiger partial charge in [0.2, 0.25) is 5.76 Å². The Morgan fingerprint density at radius 3 is 2.83 bits per heavy atom. The van der Waals surface area contributed by atoms with Gasteiger partial charge in [0.1, 0.15) is 0 Å². The largest absolute Gasteiger partial charge is 0.435 e. The van der Waals surface area contributed by atoms with Crippen molar-refractivity contribution in [3.05, 3.63) is 17.3 Å². The smallest absolute Gasteiger partial charge is 0.289 e. The highest BCUT2D eigenvalue weighted by atomic mass is 16.5. The molecule has 1 N–H and O–H groups in total. The number of oxazole rings is 1. The monoisotopic (exact) mass is 252 g/mol. The summed E-state index contributed by atoms with van der Waals surface area (Å²) in [5.41, 5.74) is 0.659. The molecule has 0 saturated heterocycles. The standard InChI is InChI=1S/C13H20N2O3/c1-4-11-14-8(2)12(18-11)13(16)15-10-6-5-9(10)7-17-3/h9-10H,4-7H2,1-3H3,(H,15,16)/t9-,10-/m1/s1. The van der Waals surface area contributed by atoms with Gasteiger partial charge in [-0.3, -0.25) is 4.79 Å². The lowest BCUT2D eigenvalue weighted by Crippen LogP contribution is -2.48. The number of carbonyl (C=O) groups is 1. The van der Waals surface area contributed by atoms with Crippen LogP contribution < -0.4 is 5.32 Å². The number of hydrogen-bond donors (Lipinski definition) is 1. The molecule has 2 rings (SSSR count). The molecule has 18 heavy (non-hydrogen) atoms. The maximum absolute atomic E-state index is 12.1. The molecule has 1 aliphatic carbocycles. The number of ether oxygens (including phenoxy) is 1. The number of methoxy groups -OCH3 is 1. The van der Waals surface area contributed by atoms with Crippen molar-refractivity contribution in [3.63, 3.8) is 0 Å². The van der Waals surface area contributed by atoms with Crippen LogP contribution in [0.1, 0.15) is 41.9 Å². The Hall–Kier alpha value is -1.36. The second-order valence-corrected chi connectivity index (χ2v) is 4.75. The third-order valence-electron chi connectivity index (χ3n) is 3.46. The van der Waals surface area contributed by atoms with E-state index in [0.717, 1.165) is 12.8 Å². The lowest BCUT2D eigenvalue weighted by atomic mass is 9.80. The van der Waals surface area contributed by atoms with Gasteiger partial charge in [0.25, 0.3) is 5.91 Å². The second kappa shape index (κ2) is 5.52. The zero-order chi connectivity index (χ0) is 13.1. The van der Waals surface area contributed by atoms with Crippen molar-refractivity contribution >= 4 is 5.91 Å². The van der Waals surface area contributed by atoms with Crippen LogP contribution in [-0.4, -0.2) is 30.6 Å². The van der Waals surface area contributed by atoms with Crippen LogP contribution >= 0.6 is 0 Å². The molecule has 1 amide bonds. The minimum atomic E-state index is -0.162. The van der Waals surface area contributed by atoms with E-state index < -0.39 is 0 Å². The van der Waals surface area contributed by atoms with Crippen LogP contribution in [0.3, 0.4) is 0 Å².